The molecule has 0 N–H and O–H groups in total. The first kappa shape index (κ1) is 19.2. The van der Waals surface area contributed by atoms with Gasteiger partial charge in [-0.3, -0.25) is 19.7 Å². The summed E-state index contributed by atoms with van der Waals surface area (Å²) in [6.07, 6.45) is 0. The van der Waals surface area contributed by atoms with E-state index in [1.54, 1.807) is 13.0 Å². The smallest absolute Gasteiger partial charge is 0.271 e. The van der Waals surface area contributed by atoms with Gasteiger partial charge in [0.2, 0.25) is 11.8 Å². The van der Waals surface area contributed by atoms with Gasteiger partial charge in [0.1, 0.15) is 4.87 Å². The zero-order valence-corrected chi connectivity index (χ0v) is 17.7. The SMILES string of the molecule is Cc1ccc([N+](=O)[O-])cc1N1C(=O)[C@H]2C3c4ccccc4C(Cl)(c4ccccc43)[C@H]2C1=O. The summed E-state index contributed by atoms with van der Waals surface area (Å²) < 4.78 is 0. The Labute approximate surface area is 188 Å². The Morgan fingerprint density at radius 3 is 2.12 bits per heavy atom. The van der Waals surface area contributed by atoms with Crippen molar-refractivity contribution in [3.63, 3.8) is 0 Å². The molecule has 0 spiro atoms. The molecule has 7 rings (SSSR count). The average Bonchev–Trinajstić information content (AvgIpc) is 3.06. The first-order chi connectivity index (χ1) is 15.4. The molecule has 1 saturated heterocycles. The highest BCUT2D eigenvalue weighted by Gasteiger charge is 2.68. The Morgan fingerprint density at radius 1 is 0.938 bits per heavy atom. The summed E-state index contributed by atoms with van der Waals surface area (Å²) in [4.78, 5) is 38.4. The minimum absolute atomic E-state index is 0.170. The number of carbonyl (C=O) groups is 2. The van der Waals surface area contributed by atoms with E-state index >= 15 is 0 Å². The number of hydrogen-bond acceptors (Lipinski definition) is 4. The Bertz CT molecular complexity index is 1320. The van der Waals surface area contributed by atoms with E-state index in [0.29, 0.717) is 5.56 Å². The maximum Gasteiger partial charge on any atom is 0.271 e. The highest BCUT2D eigenvalue weighted by molar-refractivity contribution is 6.33. The molecule has 3 aliphatic carbocycles. The van der Waals surface area contributed by atoms with Crippen LogP contribution in [0.5, 0.6) is 0 Å². The van der Waals surface area contributed by atoms with Crippen LogP contribution in [0.15, 0.2) is 66.7 Å². The number of benzene rings is 3. The Kier molecular flexibility index (Phi) is 3.76. The molecule has 3 aromatic carbocycles. The van der Waals surface area contributed by atoms with E-state index in [9.17, 15) is 19.7 Å². The minimum atomic E-state index is -1.18. The number of rotatable bonds is 2. The van der Waals surface area contributed by atoms with Crippen LogP contribution in [0.4, 0.5) is 11.4 Å². The predicted octanol–water partition coefficient (Wildman–Crippen LogP) is 4.65. The lowest BCUT2D eigenvalue weighted by Crippen LogP contribution is -2.50. The van der Waals surface area contributed by atoms with Crippen molar-refractivity contribution in [1.82, 2.24) is 0 Å². The van der Waals surface area contributed by atoms with Crippen molar-refractivity contribution in [1.29, 1.82) is 0 Å². The molecular formula is C25H17ClN2O4. The molecule has 1 heterocycles. The van der Waals surface area contributed by atoms with Gasteiger partial charge in [0, 0.05) is 18.1 Å². The van der Waals surface area contributed by atoms with Gasteiger partial charge in [-0.15, -0.1) is 11.6 Å². The topological polar surface area (TPSA) is 80.5 Å². The quantitative estimate of drug-likeness (QED) is 0.249. The van der Waals surface area contributed by atoms with Gasteiger partial charge >= 0.3 is 0 Å². The molecule has 3 aromatic rings. The molecule has 1 fully saturated rings. The molecule has 2 amide bonds. The summed E-state index contributed by atoms with van der Waals surface area (Å²) in [6, 6.07) is 19.7. The lowest BCUT2D eigenvalue weighted by molar-refractivity contribution is -0.384. The molecule has 0 radical (unpaired) electrons. The molecular weight excluding hydrogens is 428 g/mol. The summed E-state index contributed by atoms with van der Waals surface area (Å²) in [6.45, 7) is 1.73. The molecule has 6 nitrogen and oxygen atoms in total. The minimum Gasteiger partial charge on any atom is -0.274 e. The van der Waals surface area contributed by atoms with Gasteiger partial charge < -0.3 is 0 Å². The van der Waals surface area contributed by atoms with Gasteiger partial charge in [0.05, 0.1) is 22.4 Å². The van der Waals surface area contributed by atoms with Crippen molar-refractivity contribution in [3.8, 4) is 0 Å². The maximum atomic E-state index is 13.8. The van der Waals surface area contributed by atoms with Gasteiger partial charge in [-0.05, 0) is 34.7 Å². The number of nitrogens with zero attached hydrogens (tertiary/aromatic N) is 2. The van der Waals surface area contributed by atoms with E-state index in [-0.39, 0.29) is 23.2 Å². The fraction of sp³-hybridized carbons (Fsp3) is 0.200. The van der Waals surface area contributed by atoms with Crippen LogP contribution in [-0.4, -0.2) is 16.7 Å². The number of halogens is 1. The fourth-order valence-corrected chi connectivity index (χ4v) is 6.44. The van der Waals surface area contributed by atoms with E-state index in [4.69, 9.17) is 11.6 Å². The number of non-ortho nitro benzene ring substituents is 1. The van der Waals surface area contributed by atoms with Crippen LogP contribution in [-0.2, 0) is 14.5 Å². The summed E-state index contributed by atoms with van der Waals surface area (Å²) in [5, 5.41) is 11.4. The number of nitro benzene ring substituents is 1. The fourth-order valence-electron chi connectivity index (χ4n) is 5.87. The number of carbonyl (C=O) groups excluding carboxylic acids is 2. The van der Waals surface area contributed by atoms with Crippen LogP contribution in [0.1, 0.15) is 33.7 Å². The van der Waals surface area contributed by atoms with E-state index in [0.717, 1.165) is 27.2 Å². The summed E-state index contributed by atoms with van der Waals surface area (Å²) in [7, 11) is 0. The molecule has 2 atom stereocenters. The molecule has 4 aliphatic rings. The third-order valence-corrected chi connectivity index (χ3v) is 7.80. The summed E-state index contributed by atoms with van der Waals surface area (Å²) in [5.74, 6) is -2.52. The van der Waals surface area contributed by atoms with Crippen molar-refractivity contribution >= 4 is 34.8 Å². The van der Waals surface area contributed by atoms with Crippen LogP contribution in [0.2, 0.25) is 0 Å². The van der Waals surface area contributed by atoms with Crippen molar-refractivity contribution in [2.75, 3.05) is 4.90 Å². The van der Waals surface area contributed by atoms with Crippen molar-refractivity contribution in [3.05, 3.63) is 105 Å². The molecule has 0 saturated carbocycles. The van der Waals surface area contributed by atoms with Gasteiger partial charge in [0.25, 0.3) is 5.69 Å². The normalized spacial score (nSPS) is 27.2. The zero-order valence-electron chi connectivity index (χ0n) is 17.0. The van der Waals surface area contributed by atoms with Crippen LogP contribution in [0.3, 0.4) is 0 Å². The molecule has 7 heteroatoms. The third kappa shape index (κ3) is 2.15. The van der Waals surface area contributed by atoms with E-state index in [1.807, 2.05) is 48.5 Å². The van der Waals surface area contributed by atoms with E-state index < -0.39 is 27.5 Å². The van der Waals surface area contributed by atoms with Gasteiger partial charge in [-0.1, -0.05) is 54.6 Å². The molecule has 158 valence electrons. The number of imide groups is 1. The van der Waals surface area contributed by atoms with E-state index in [2.05, 4.69) is 0 Å². The van der Waals surface area contributed by atoms with Crippen LogP contribution < -0.4 is 4.90 Å². The Balaban J connectivity index is 1.60. The number of anilines is 1. The number of aryl methyl sites for hydroxylation is 1. The highest BCUT2D eigenvalue weighted by Crippen LogP contribution is 2.66. The van der Waals surface area contributed by atoms with Crippen LogP contribution in [0.25, 0.3) is 0 Å². The third-order valence-electron chi connectivity index (χ3n) is 7.16. The second-order valence-corrected chi connectivity index (χ2v) is 9.20. The monoisotopic (exact) mass is 444 g/mol. The molecule has 0 unspecified atom stereocenters. The maximum absolute atomic E-state index is 13.8. The summed E-state index contributed by atoms with van der Waals surface area (Å²) in [5.41, 5.74) is 4.31. The van der Waals surface area contributed by atoms with Gasteiger partial charge in [-0.25, -0.2) is 4.90 Å². The number of alkyl halides is 1. The molecule has 32 heavy (non-hydrogen) atoms. The van der Waals surface area contributed by atoms with E-state index in [1.165, 1.54) is 12.1 Å². The highest BCUT2D eigenvalue weighted by atomic mass is 35.5. The number of amides is 2. The molecule has 0 aromatic heterocycles. The van der Waals surface area contributed by atoms with Crippen LogP contribution in [0, 0.1) is 28.9 Å². The van der Waals surface area contributed by atoms with Crippen LogP contribution >= 0.6 is 11.6 Å². The Morgan fingerprint density at radius 2 is 1.53 bits per heavy atom. The predicted molar refractivity (Wildman–Crippen MR) is 119 cm³/mol. The lowest BCUT2D eigenvalue weighted by atomic mass is 9.54. The van der Waals surface area contributed by atoms with Crippen molar-refractivity contribution in [2.24, 2.45) is 11.8 Å². The van der Waals surface area contributed by atoms with Gasteiger partial charge in [-0.2, -0.15) is 0 Å². The van der Waals surface area contributed by atoms with Crippen molar-refractivity contribution < 1.29 is 14.5 Å². The van der Waals surface area contributed by atoms with Crippen molar-refractivity contribution in [2.45, 2.75) is 17.7 Å². The first-order valence-electron chi connectivity index (χ1n) is 10.4. The molecule has 1 aliphatic heterocycles. The Hall–Kier alpha value is -3.51. The lowest BCUT2D eigenvalue weighted by Gasteiger charge is -2.50. The first-order valence-corrected chi connectivity index (χ1v) is 10.7. The summed E-state index contributed by atoms with van der Waals surface area (Å²) >= 11 is 7.39. The molecule has 2 bridgehead atoms. The second-order valence-electron chi connectivity index (χ2n) is 8.61. The average molecular weight is 445 g/mol. The second kappa shape index (κ2) is 6.26. The standard InChI is InChI=1S/C25H17ClN2O4/c1-13-10-11-14(28(31)32)12-19(13)27-23(29)21-20-15-6-2-4-8-17(15)25(26,22(21)24(27)30)18-9-5-3-7-16(18)20/h2-12,20-22H,1H3/t20?,21-,22+,25?/m0/s1. The number of nitro groups is 1. The zero-order chi connectivity index (χ0) is 22.4. The van der Waals surface area contributed by atoms with Gasteiger partial charge in [0.15, 0.2) is 0 Å². The largest absolute Gasteiger partial charge is 0.274 e. The number of hydrogen-bond donors (Lipinski definition) is 0.